The summed E-state index contributed by atoms with van der Waals surface area (Å²) in [6.45, 7) is 6.80. The molecule has 0 saturated carbocycles. The Bertz CT molecular complexity index is 150. The van der Waals surface area contributed by atoms with Gasteiger partial charge in [-0.15, -0.1) is 0 Å². The Morgan fingerprint density at radius 1 is 1.64 bits per heavy atom. The molecule has 0 fully saturated rings. The van der Waals surface area contributed by atoms with E-state index in [0.717, 1.165) is 6.42 Å². The van der Waals surface area contributed by atoms with E-state index in [9.17, 15) is 0 Å². The number of rotatable bonds is 1. The molecule has 1 heterocycles. The van der Waals surface area contributed by atoms with Gasteiger partial charge in [0.2, 0.25) is 0 Å². The predicted octanol–water partition coefficient (Wildman–Crippen LogP) is 2.16. The molecule has 0 aromatic heterocycles. The van der Waals surface area contributed by atoms with Crippen LogP contribution in [0.1, 0.15) is 40.0 Å². The zero-order valence-corrected chi connectivity index (χ0v) is 7.72. The van der Waals surface area contributed by atoms with Crippen LogP contribution < -0.4 is 5.43 Å². The third-order valence-corrected chi connectivity index (χ3v) is 2.28. The third kappa shape index (κ3) is 2.52. The van der Waals surface area contributed by atoms with Gasteiger partial charge in [-0.2, -0.15) is 5.10 Å². The van der Waals surface area contributed by atoms with Gasteiger partial charge in [0.25, 0.3) is 0 Å². The molecule has 1 unspecified atom stereocenters. The van der Waals surface area contributed by atoms with E-state index in [0.29, 0.717) is 11.5 Å². The van der Waals surface area contributed by atoms with Crippen molar-refractivity contribution in [3.63, 3.8) is 0 Å². The maximum Gasteiger partial charge on any atom is 0.0442 e. The summed E-state index contributed by atoms with van der Waals surface area (Å²) in [6, 6.07) is 0.573. The van der Waals surface area contributed by atoms with Crippen molar-refractivity contribution < 1.29 is 0 Å². The number of hydrogen-bond donors (Lipinski definition) is 1. The summed E-state index contributed by atoms with van der Waals surface area (Å²) in [6.07, 6.45) is 5.48. The first-order valence-corrected chi connectivity index (χ1v) is 4.41. The maximum atomic E-state index is 4.14. The molecule has 0 aromatic carbocycles. The van der Waals surface area contributed by atoms with Crippen LogP contribution in [0.15, 0.2) is 5.10 Å². The maximum absolute atomic E-state index is 4.14. The molecule has 1 rings (SSSR count). The molecular weight excluding hydrogens is 136 g/mol. The summed E-state index contributed by atoms with van der Waals surface area (Å²) in [5.74, 6) is 0. The number of hydrazone groups is 1. The van der Waals surface area contributed by atoms with Gasteiger partial charge in [-0.1, -0.05) is 20.8 Å². The molecular formula is C9H18N2. The highest BCUT2D eigenvalue weighted by Gasteiger charge is 2.23. The Kier molecular flexibility index (Phi) is 2.53. The van der Waals surface area contributed by atoms with Gasteiger partial charge < -0.3 is 5.43 Å². The molecule has 64 valence electrons. The monoisotopic (exact) mass is 154 g/mol. The molecule has 1 aliphatic rings. The van der Waals surface area contributed by atoms with Gasteiger partial charge in [0.05, 0.1) is 0 Å². The summed E-state index contributed by atoms with van der Waals surface area (Å²) in [5, 5.41) is 4.14. The van der Waals surface area contributed by atoms with E-state index in [1.807, 2.05) is 6.21 Å². The minimum Gasteiger partial charge on any atom is -0.307 e. The van der Waals surface area contributed by atoms with Gasteiger partial charge >= 0.3 is 0 Å². The molecule has 11 heavy (non-hydrogen) atoms. The fourth-order valence-electron chi connectivity index (χ4n) is 1.48. The van der Waals surface area contributed by atoms with Crippen molar-refractivity contribution in [2.75, 3.05) is 0 Å². The minimum atomic E-state index is 0.424. The summed E-state index contributed by atoms with van der Waals surface area (Å²) in [7, 11) is 0. The highest BCUT2D eigenvalue weighted by Crippen LogP contribution is 2.27. The first kappa shape index (κ1) is 8.57. The molecule has 1 aliphatic heterocycles. The predicted molar refractivity (Wildman–Crippen MR) is 48.7 cm³/mol. The van der Waals surface area contributed by atoms with Crippen LogP contribution in [-0.4, -0.2) is 12.3 Å². The average molecular weight is 154 g/mol. The van der Waals surface area contributed by atoms with E-state index in [4.69, 9.17) is 0 Å². The zero-order chi connectivity index (χ0) is 8.32. The second-order valence-corrected chi connectivity index (χ2v) is 4.12. The van der Waals surface area contributed by atoms with Crippen LogP contribution in [0.3, 0.4) is 0 Å². The molecule has 1 N–H and O–H groups in total. The third-order valence-electron chi connectivity index (χ3n) is 2.28. The van der Waals surface area contributed by atoms with E-state index >= 15 is 0 Å². The molecule has 0 aliphatic carbocycles. The van der Waals surface area contributed by atoms with Crippen molar-refractivity contribution >= 4 is 6.21 Å². The summed E-state index contributed by atoms with van der Waals surface area (Å²) >= 11 is 0. The lowest BCUT2D eigenvalue weighted by Crippen LogP contribution is -2.27. The van der Waals surface area contributed by atoms with E-state index < -0.39 is 0 Å². The molecule has 1 atom stereocenters. The molecule has 0 radical (unpaired) electrons. The van der Waals surface area contributed by atoms with Crippen LogP contribution in [0, 0.1) is 5.41 Å². The van der Waals surface area contributed by atoms with E-state index in [2.05, 4.69) is 31.3 Å². The van der Waals surface area contributed by atoms with E-state index in [-0.39, 0.29) is 0 Å². The first-order valence-electron chi connectivity index (χ1n) is 4.41. The van der Waals surface area contributed by atoms with E-state index in [1.165, 1.54) is 12.8 Å². The van der Waals surface area contributed by atoms with Gasteiger partial charge in [0, 0.05) is 12.3 Å². The van der Waals surface area contributed by atoms with Crippen molar-refractivity contribution in [1.82, 2.24) is 5.43 Å². The van der Waals surface area contributed by atoms with Crippen molar-refractivity contribution in [1.29, 1.82) is 0 Å². The Morgan fingerprint density at radius 2 is 2.36 bits per heavy atom. The lowest BCUT2D eigenvalue weighted by molar-refractivity contribution is 0.300. The average Bonchev–Trinajstić information content (AvgIpc) is 2.10. The molecule has 0 aromatic rings. The SMILES string of the molecule is CCC1CC(C)(C)CC=NN1. The van der Waals surface area contributed by atoms with Crippen molar-refractivity contribution in [2.45, 2.75) is 46.1 Å². The van der Waals surface area contributed by atoms with Gasteiger partial charge in [-0.05, 0) is 24.7 Å². The van der Waals surface area contributed by atoms with Crippen LogP contribution in [0.4, 0.5) is 0 Å². The quantitative estimate of drug-likeness (QED) is 0.615. The van der Waals surface area contributed by atoms with Crippen LogP contribution in [0.25, 0.3) is 0 Å². The summed E-state index contributed by atoms with van der Waals surface area (Å²) < 4.78 is 0. The molecule has 0 saturated heterocycles. The van der Waals surface area contributed by atoms with Crippen molar-refractivity contribution in [3.05, 3.63) is 0 Å². The lowest BCUT2D eigenvalue weighted by Gasteiger charge is -2.24. The Labute approximate surface area is 69.1 Å². The van der Waals surface area contributed by atoms with E-state index in [1.54, 1.807) is 0 Å². The normalized spacial score (nSPS) is 29.2. The number of nitrogens with one attached hydrogen (secondary N) is 1. The summed E-state index contributed by atoms with van der Waals surface area (Å²) in [5.41, 5.74) is 3.58. The minimum absolute atomic E-state index is 0.424. The van der Waals surface area contributed by atoms with Crippen LogP contribution in [0.2, 0.25) is 0 Å². The molecule has 2 nitrogen and oxygen atoms in total. The van der Waals surface area contributed by atoms with Gasteiger partial charge in [-0.25, -0.2) is 0 Å². The van der Waals surface area contributed by atoms with Crippen molar-refractivity contribution in [3.8, 4) is 0 Å². The van der Waals surface area contributed by atoms with Crippen LogP contribution in [-0.2, 0) is 0 Å². The number of hydrogen-bond acceptors (Lipinski definition) is 2. The second kappa shape index (κ2) is 3.24. The largest absolute Gasteiger partial charge is 0.307 e. The lowest BCUT2D eigenvalue weighted by atomic mass is 9.83. The molecule has 0 bridgehead atoms. The Balaban J connectivity index is 2.56. The molecule has 2 heteroatoms. The van der Waals surface area contributed by atoms with Gasteiger partial charge in [0.15, 0.2) is 0 Å². The first-order chi connectivity index (χ1) is 5.14. The topological polar surface area (TPSA) is 24.4 Å². The Hall–Kier alpha value is -0.530. The van der Waals surface area contributed by atoms with Crippen molar-refractivity contribution in [2.24, 2.45) is 10.5 Å². The zero-order valence-electron chi connectivity index (χ0n) is 7.72. The van der Waals surface area contributed by atoms with Gasteiger partial charge in [-0.3, -0.25) is 0 Å². The van der Waals surface area contributed by atoms with Crippen LogP contribution in [0.5, 0.6) is 0 Å². The molecule has 0 amide bonds. The molecule has 0 spiro atoms. The Morgan fingerprint density at radius 3 is 3.00 bits per heavy atom. The summed E-state index contributed by atoms with van der Waals surface area (Å²) in [4.78, 5) is 0. The smallest absolute Gasteiger partial charge is 0.0442 e. The highest BCUT2D eigenvalue weighted by atomic mass is 15.3. The second-order valence-electron chi connectivity index (χ2n) is 4.12. The fourth-order valence-corrected chi connectivity index (χ4v) is 1.48. The highest BCUT2D eigenvalue weighted by molar-refractivity contribution is 5.58. The van der Waals surface area contributed by atoms with Gasteiger partial charge in [0.1, 0.15) is 0 Å². The number of nitrogens with zero attached hydrogens (tertiary/aromatic N) is 1. The fraction of sp³-hybridized carbons (Fsp3) is 0.889. The van der Waals surface area contributed by atoms with Crippen LogP contribution >= 0.6 is 0 Å². The standard InChI is InChI=1S/C9H18N2/c1-4-8-7-9(2,3)5-6-10-11-8/h6,8,11H,4-5,7H2,1-3H3.